The van der Waals surface area contributed by atoms with Crippen LogP contribution in [0.25, 0.3) is 16.5 Å². The van der Waals surface area contributed by atoms with Gasteiger partial charge >= 0.3 is 0 Å². The average molecular weight is 404 g/mol. The van der Waals surface area contributed by atoms with Gasteiger partial charge in [-0.3, -0.25) is 14.7 Å². The van der Waals surface area contributed by atoms with Gasteiger partial charge in [0.15, 0.2) is 0 Å². The number of aromatic hydroxyl groups is 1. The van der Waals surface area contributed by atoms with Crippen molar-refractivity contribution in [2.24, 2.45) is 4.99 Å². The smallest absolute Gasteiger partial charge is 0.265 e. The third-order valence-electron chi connectivity index (χ3n) is 6.14. The number of rotatable bonds is 5. The maximum absolute atomic E-state index is 13.3. The first-order valence-electron chi connectivity index (χ1n) is 10.7. The van der Waals surface area contributed by atoms with E-state index in [2.05, 4.69) is 11.8 Å². The molecule has 0 unspecified atom stereocenters. The summed E-state index contributed by atoms with van der Waals surface area (Å²) >= 11 is 0. The predicted octanol–water partition coefficient (Wildman–Crippen LogP) is 4.22. The van der Waals surface area contributed by atoms with Gasteiger partial charge in [0.2, 0.25) is 5.88 Å². The van der Waals surface area contributed by atoms with E-state index in [-0.39, 0.29) is 11.4 Å². The van der Waals surface area contributed by atoms with E-state index >= 15 is 0 Å². The topological polar surface area (TPSA) is 57.8 Å². The minimum atomic E-state index is -0.222. The van der Waals surface area contributed by atoms with Gasteiger partial charge in [0.1, 0.15) is 0 Å². The number of aromatic nitrogens is 1. The highest BCUT2D eigenvalue weighted by atomic mass is 16.3. The Bertz CT molecular complexity index is 1160. The van der Waals surface area contributed by atoms with Crippen LogP contribution < -0.4 is 5.56 Å². The lowest BCUT2D eigenvalue weighted by Crippen LogP contribution is -2.31. The first-order valence-corrected chi connectivity index (χ1v) is 10.7. The van der Waals surface area contributed by atoms with Crippen LogP contribution in [-0.2, 0) is 0 Å². The van der Waals surface area contributed by atoms with E-state index in [9.17, 15) is 9.90 Å². The van der Waals surface area contributed by atoms with Crippen LogP contribution in [-0.4, -0.2) is 46.5 Å². The Morgan fingerprint density at radius 3 is 2.67 bits per heavy atom. The summed E-state index contributed by atoms with van der Waals surface area (Å²) in [7, 11) is 0. The fourth-order valence-corrected chi connectivity index (χ4v) is 4.55. The Labute approximate surface area is 177 Å². The molecule has 2 heterocycles. The van der Waals surface area contributed by atoms with Crippen LogP contribution >= 0.6 is 0 Å². The average Bonchev–Trinajstić information content (AvgIpc) is 3.19. The summed E-state index contributed by atoms with van der Waals surface area (Å²) in [5, 5.41) is 12.5. The summed E-state index contributed by atoms with van der Waals surface area (Å²) in [4.78, 5) is 20.4. The van der Waals surface area contributed by atoms with Gasteiger partial charge in [-0.25, -0.2) is 4.57 Å². The van der Waals surface area contributed by atoms with Crippen molar-refractivity contribution in [3.05, 3.63) is 69.5 Å². The lowest BCUT2D eigenvalue weighted by molar-refractivity contribution is 0.273. The second kappa shape index (κ2) is 8.44. The molecular weight excluding hydrogens is 374 g/mol. The quantitative estimate of drug-likeness (QED) is 0.649. The zero-order chi connectivity index (χ0) is 21.3. The number of nitrogens with zero attached hydrogens (tertiary/aromatic N) is 3. The number of aliphatic imine (C=N–C) groups is 1. The Hall–Kier alpha value is -2.92. The van der Waals surface area contributed by atoms with E-state index in [0.29, 0.717) is 29.2 Å². The van der Waals surface area contributed by atoms with E-state index in [1.165, 1.54) is 11.0 Å². The van der Waals surface area contributed by atoms with Crippen molar-refractivity contribution in [1.29, 1.82) is 0 Å². The molecule has 1 atom stereocenters. The lowest BCUT2D eigenvalue weighted by atomic mass is 10.1. The van der Waals surface area contributed by atoms with Crippen molar-refractivity contribution in [2.45, 2.75) is 39.7 Å². The molecule has 30 heavy (non-hydrogen) atoms. The summed E-state index contributed by atoms with van der Waals surface area (Å²) < 4.78 is 1.41. The van der Waals surface area contributed by atoms with Gasteiger partial charge in [-0.1, -0.05) is 42.8 Å². The van der Waals surface area contributed by atoms with Crippen molar-refractivity contribution in [3.63, 3.8) is 0 Å². The normalized spacial score (nSPS) is 17.4. The molecule has 0 saturated carbocycles. The highest BCUT2D eigenvalue weighted by molar-refractivity contribution is 6.01. The van der Waals surface area contributed by atoms with Crippen LogP contribution in [0, 0.1) is 13.8 Å². The van der Waals surface area contributed by atoms with Crippen LogP contribution in [0.2, 0.25) is 0 Å². The molecule has 0 amide bonds. The van der Waals surface area contributed by atoms with Gasteiger partial charge in [-0.2, -0.15) is 0 Å². The molecule has 0 radical (unpaired) electrons. The second-order valence-electron chi connectivity index (χ2n) is 8.13. The van der Waals surface area contributed by atoms with Crippen molar-refractivity contribution in [1.82, 2.24) is 9.47 Å². The lowest BCUT2D eigenvalue weighted by Gasteiger charge is -2.20. The van der Waals surface area contributed by atoms with Crippen molar-refractivity contribution >= 4 is 17.0 Å². The van der Waals surface area contributed by atoms with E-state index < -0.39 is 0 Å². The highest BCUT2D eigenvalue weighted by Crippen LogP contribution is 2.27. The third-order valence-corrected chi connectivity index (χ3v) is 6.14. The molecule has 1 N–H and O–H groups in total. The zero-order valence-electron chi connectivity index (χ0n) is 17.9. The second-order valence-corrected chi connectivity index (χ2v) is 8.13. The van der Waals surface area contributed by atoms with Gasteiger partial charge < -0.3 is 5.11 Å². The van der Waals surface area contributed by atoms with Gasteiger partial charge in [0.05, 0.1) is 17.8 Å². The predicted molar refractivity (Wildman–Crippen MR) is 123 cm³/mol. The molecular formula is C25H29N3O2. The van der Waals surface area contributed by atoms with Gasteiger partial charge in [-0.15, -0.1) is 0 Å². The van der Waals surface area contributed by atoms with Crippen LogP contribution in [0.3, 0.4) is 0 Å². The van der Waals surface area contributed by atoms with Crippen LogP contribution in [0.15, 0.2) is 52.3 Å². The molecule has 1 aliphatic rings. The van der Waals surface area contributed by atoms with E-state index in [0.717, 1.165) is 36.0 Å². The number of aryl methyl sites for hydroxylation is 2. The molecule has 5 nitrogen and oxygen atoms in total. The van der Waals surface area contributed by atoms with Crippen molar-refractivity contribution in [3.8, 4) is 11.6 Å². The summed E-state index contributed by atoms with van der Waals surface area (Å²) in [6, 6.07) is 13.7. The SMILES string of the molecule is CCN1CCC[C@@H]1CN=Cc1c(O)n(-c2ccc(C)cc2C)c(=O)c2ccccc12. The maximum atomic E-state index is 13.3. The Balaban J connectivity index is 1.83. The number of fused-ring (bicyclic) bond motifs is 1. The molecule has 156 valence electrons. The fourth-order valence-electron chi connectivity index (χ4n) is 4.55. The van der Waals surface area contributed by atoms with Crippen molar-refractivity contribution in [2.75, 3.05) is 19.6 Å². The van der Waals surface area contributed by atoms with Gasteiger partial charge in [0, 0.05) is 23.0 Å². The zero-order valence-corrected chi connectivity index (χ0v) is 17.9. The van der Waals surface area contributed by atoms with E-state index in [1.54, 1.807) is 6.21 Å². The van der Waals surface area contributed by atoms with Crippen LogP contribution in [0.4, 0.5) is 0 Å². The standard InChI is InChI=1S/C25H29N3O2/c1-4-27-13-7-8-19(27)15-26-16-22-20-9-5-6-10-21(20)24(29)28(25(22)30)23-12-11-17(2)14-18(23)3/h5-6,9-12,14,16,19,30H,4,7-8,13,15H2,1-3H3/t19-/m1/s1. The first-order chi connectivity index (χ1) is 14.5. The Morgan fingerprint density at radius 1 is 1.17 bits per heavy atom. The molecule has 5 heteroatoms. The highest BCUT2D eigenvalue weighted by Gasteiger charge is 2.22. The number of pyridine rings is 1. The number of benzene rings is 2. The summed E-state index contributed by atoms with van der Waals surface area (Å²) in [6.07, 6.45) is 4.10. The fraction of sp³-hybridized carbons (Fsp3) is 0.360. The van der Waals surface area contributed by atoms with E-state index in [1.807, 2.05) is 56.3 Å². The molecule has 0 spiro atoms. The molecule has 0 bridgehead atoms. The van der Waals surface area contributed by atoms with Gasteiger partial charge in [-0.05, 0) is 57.5 Å². The molecule has 2 aromatic carbocycles. The van der Waals surface area contributed by atoms with E-state index in [4.69, 9.17) is 4.99 Å². The maximum Gasteiger partial charge on any atom is 0.265 e. The molecule has 1 fully saturated rings. The molecule has 3 aromatic rings. The number of likely N-dealkylation sites (N-methyl/N-ethyl adjacent to an activating group) is 1. The molecule has 1 aliphatic heterocycles. The number of likely N-dealkylation sites (tertiary alicyclic amines) is 1. The Kier molecular flexibility index (Phi) is 5.73. The third kappa shape index (κ3) is 3.65. The van der Waals surface area contributed by atoms with Crippen LogP contribution in [0.1, 0.15) is 36.5 Å². The molecule has 0 aliphatic carbocycles. The number of hydrogen-bond donors (Lipinski definition) is 1. The summed E-state index contributed by atoms with van der Waals surface area (Å²) in [5.74, 6) is -0.0619. The monoisotopic (exact) mass is 403 g/mol. The van der Waals surface area contributed by atoms with Gasteiger partial charge in [0.25, 0.3) is 5.56 Å². The Morgan fingerprint density at radius 2 is 1.93 bits per heavy atom. The minimum absolute atomic E-state index is 0.0619. The largest absolute Gasteiger partial charge is 0.494 e. The van der Waals surface area contributed by atoms with Crippen molar-refractivity contribution < 1.29 is 5.11 Å². The first kappa shape index (κ1) is 20.4. The summed E-state index contributed by atoms with van der Waals surface area (Å²) in [5.41, 5.74) is 3.11. The molecule has 1 aromatic heterocycles. The van der Waals surface area contributed by atoms with Crippen LogP contribution in [0.5, 0.6) is 5.88 Å². The molecule has 4 rings (SSSR count). The molecule has 1 saturated heterocycles. The minimum Gasteiger partial charge on any atom is -0.494 e. The summed E-state index contributed by atoms with van der Waals surface area (Å²) in [6.45, 7) is 9.01. The number of hydrogen-bond acceptors (Lipinski definition) is 4.